The van der Waals surface area contributed by atoms with Crippen LogP contribution in [-0.4, -0.2) is 22.1 Å². The SMILES string of the molecule is Cc1ccccc1CN1C(=O)CCC1C(=O)Cl. The van der Waals surface area contributed by atoms with Crippen LogP contribution in [0.2, 0.25) is 0 Å². The fourth-order valence-corrected chi connectivity index (χ4v) is 2.37. The summed E-state index contributed by atoms with van der Waals surface area (Å²) in [6.07, 6.45) is 0.946. The molecule has 0 aliphatic carbocycles. The molecule has 0 spiro atoms. The van der Waals surface area contributed by atoms with E-state index in [-0.39, 0.29) is 5.91 Å². The maximum Gasteiger partial charge on any atom is 0.244 e. The Labute approximate surface area is 105 Å². The summed E-state index contributed by atoms with van der Waals surface area (Å²) in [5.41, 5.74) is 2.18. The standard InChI is InChI=1S/C13H14ClNO2/c1-9-4-2-3-5-10(9)8-15-11(13(14)17)6-7-12(15)16/h2-5,11H,6-8H2,1H3. The van der Waals surface area contributed by atoms with Gasteiger partial charge in [-0.3, -0.25) is 9.59 Å². The molecular formula is C13H14ClNO2. The van der Waals surface area contributed by atoms with Crippen LogP contribution < -0.4 is 0 Å². The Morgan fingerprint density at radius 3 is 2.82 bits per heavy atom. The summed E-state index contributed by atoms with van der Waals surface area (Å²) in [5.74, 6) is 0.00672. The summed E-state index contributed by atoms with van der Waals surface area (Å²) in [5, 5.41) is -0.440. The van der Waals surface area contributed by atoms with Gasteiger partial charge in [0.2, 0.25) is 11.1 Å². The molecule has 1 atom stereocenters. The fourth-order valence-electron chi connectivity index (χ4n) is 2.14. The van der Waals surface area contributed by atoms with E-state index >= 15 is 0 Å². The molecule has 0 radical (unpaired) electrons. The molecule has 1 aliphatic heterocycles. The first kappa shape index (κ1) is 12.1. The number of aryl methyl sites for hydroxylation is 1. The summed E-state index contributed by atoms with van der Waals surface area (Å²) in [7, 11) is 0. The molecule has 0 N–H and O–H groups in total. The maximum absolute atomic E-state index is 11.7. The molecule has 1 saturated heterocycles. The molecule has 1 aromatic carbocycles. The van der Waals surface area contributed by atoms with Crippen molar-refractivity contribution in [3.8, 4) is 0 Å². The lowest BCUT2D eigenvalue weighted by molar-refractivity contribution is -0.132. The highest BCUT2D eigenvalue weighted by Gasteiger charge is 2.35. The predicted octanol–water partition coefficient (Wildman–Crippen LogP) is 2.25. The van der Waals surface area contributed by atoms with Crippen molar-refractivity contribution in [2.45, 2.75) is 32.4 Å². The van der Waals surface area contributed by atoms with Gasteiger partial charge in [0.05, 0.1) is 0 Å². The number of hydrogen-bond acceptors (Lipinski definition) is 2. The first-order valence-electron chi connectivity index (χ1n) is 5.63. The van der Waals surface area contributed by atoms with Crippen LogP contribution in [0.4, 0.5) is 0 Å². The van der Waals surface area contributed by atoms with E-state index in [1.165, 1.54) is 0 Å². The second-order valence-corrected chi connectivity index (χ2v) is 4.68. The van der Waals surface area contributed by atoms with Crippen molar-refractivity contribution in [2.24, 2.45) is 0 Å². The molecule has 0 aromatic heterocycles. The maximum atomic E-state index is 11.7. The molecule has 1 aromatic rings. The summed E-state index contributed by atoms with van der Waals surface area (Å²) < 4.78 is 0. The quantitative estimate of drug-likeness (QED) is 0.773. The van der Waals surface area contributed by atoms with Gasteiger partial charge in [0.15, 0.2) is 0 Å². The summed E-state index contributed by atoms with van der Waals surface area (Å²) >= 11 is 5.52. The van der Waals surface area contributed by atoms with Crippen molar-refractivity contribution in [3.63, 3.8) is 0 Å². The summed E-state index contributed by atoms with van der Waals surface area (Å²) in [6, 6.07) is 7.39. The third kappa shape index (κ3) is 2.50. The van der Waals surface area contributed by atoms with Crippen molar-refractivity contribution in [1.82, 2.24) is 4.90 Å². The van der Waals surface area contributed by atoms with Crippen LogP contribution in [0.1, 0.15) is 24.0 Å². The van der Waals surface area contributed by atoms with Crippen molar-refractivity contribution in [1.29, 1.82) is 0 Å². The zero-order chi connectivity index (χ0) is 12.4. The highest BCUT2D eigenvalue weighted by Crippen LogP contribution is 2.24. The van der Waals surface area contributed by atoms with Crippen LogP contribution in [0.15, 0.2) is 24.3 Å². The monoisotopic (exact) mass is 251 g/mol. The predicted molar refractivity (Wildman–Crippen MR) is 65.6 cm³/mol. The molecule has 1 heterocycles. The Morgan fingerprint density at radius 2 is 2.18 bits per heavy atom. The molecule has 4 heteroatoms. The molecular weight excluding hydrogens is 238 g/mol. The molecule has 0 saturated carbocycles. The molecule has 0 bridgehead atoms. The molecule has 1 amide bonds. The Balaban J connectivity index is 2.19. The van der Waals surface area contributed by atoms with E-state index in [0.29, 0.717) is 19.4 Å². The first-order chi connectivity index (χ1) is 8.09. The lowest BCUT2D eigenvalue weighted by Gasteiger charge is -2.22. The minimum Gasteiger partial charge on any atom is -0.327 e. The molecule has 3 nitrogen and oxygen atoms in total. The third-order valence-corrected chi connectivity index (χ3v) is 3.44. The van der Waals surface area contributed by atoms with Crippen LogP contribution in [0, 0.1) is 6.92 Å². The van der Waals surface area contributed by atoms with Crippen molar-refractivity contribution in [2.75, 3.05) is 0 Å². The molecule has 2 rings (SSSR count). The molecule has 1 unspecified atom stereocenters. The third-order valence-electron chi connectivity index (χ3n) is 3.19. The van der Waals surface area contributed by atoms with Crippen LogP contribution in [0.25, 0.3) is 0 Å². The van der Waals surface area contributed by atoms with Gasteiger partial charge in [0.25, 0.3) is 0 Å². The zero-order valence-corrected chi connectivity index (χ0v) is 10.4. The molecule has 17 heavy (non-hydrogen) atoms. The minimum atomic E-state index is -0.455. The largest absolute Gasteiger partial charge is 0.327 e. The second kappa shape index (κ2) is 4.88. The van der Waals surface area contributed by atoms with Crippen LogP contribution in [-0.2, 0) is 16.1 Å². The Hall–Kier alpha value is -1.35. The molecule has 90 valence electrons. The topological polar surface area (TPSA) is 37.4 Å². The van der Waals surface area contributed by atoms with Crippen LogP contribution in [0.5, 0.6) is 0 Å². The van der Waals surface area contributed by atoms with E-state index in [1.807, 2.05) is 31.2 Å². The lowest BCUT2D eigenvalue weighted by Crippen LogP contribution is -2.36. The number of hydrogen-bond donors (Lipinski definition) is 0. The minimum absolute atomic E-state index is 0.00672. The molecule has 1 aliphatic rings. The highest BCUT2D eigenvalue weighted by molar-refractivity contribution is 6.64. The number of carbonyl (C=O) groups is 2. The van der Waals surface area contributed by atoms with Crippen LogP contribution >= 0.6 is 11.6 Å². The van der Waals surface area contributed by atoms with E-state index in [0.717, 1.165) is 11.1 Å². The van der Waals surface area contributed by atoms with Gasteiger partial charge >= 0.3 is 0 Å². The van der Waals surface area contributed by atoms with E-state index in [4.69, 9.17) is 11.6 Å². The number of amides is 1. The average Bonchev–Trinajstić information content (AvgIpc) is 2.64. The van der Waals surface area contributed by atoms with Gasteiger partial charge in [-0.1, -0.05) is 24.3 Å². The van der Waals surface area contributed by atoms with Gasteiger partial charge in [-0.15, -0.1) is 0 Å². The number of likely N-dealkylation sites (tertiary alicyclic amines) is 1. The second-order valence-electron chi connectivity index (χ2n) is 4.31. The van der Waals surface area contributed by atoms with Gasteiger partial charge in [0.1, 0.15) is 6.04 Å². The van der Waals surface area contributed by atoms with E-state index in [1.54, 1.807) is 4.90 Å². The van der Waals surface area contributed by atoms with Crippen molar-refractivity contribution in [3.05, 3.63) is 35.4 Å². The van der Waals surface area contributed by atoms with Gasteiger partial charge < -0.3 is 4.90 Å². The Kier molecular flexibility index (Phi) is 3.48. The summed E-state index contributed by atoms with van der Waals surface area (Å²) in [6.45, 7) is 2.46. The number of halogens is 1. The van der Waals surface area contributed by atoms with Gasteiger partial charge in [-0.25, -0.2) is 0 Å². The molecule has 1 fully saturated rings. The number of rotatable bonds is 3. The number of benzene rings is 1. The van der Waals surface area contributed by atoms with Gasteiger partial charge in [-0.05, 0) is 36.1 Å². The van der Waals surface area contributed by atoms with Gasteiger partial charge in [0, 0.05) is 13.0 Å². The van der Waals surface area contributed by atoms with Crippen molar-refractivity contribution >= 4 is 22.8 Å². The first-order valence-corrected chi connectivity index (χ1v) is 6.00. The van der Waals surface area contributed by atoms with Crippen molar-refractivity contribution < 1.29 is 9.59 Å². The number of nitrogens with zero attached hydrogens (tertiary/aromatic N) is 1. The Morgan fingerprint density at radius 1 is 1.47 bits per heavy atom. The lowest BCUT2D eigenvalue weighted by atomic mass is 10.1. The van der Waals surface area contributed by atoms with Gasteiger partial charge in [-0.2, -0.15) is 0 Å². The smallest absolute Gasteiger partial charge is 0.244 e. The Bertz CT molecular complexity index is 458. The van der Waals surface area contributed by atoms with E-state index in [2.05, 4.69) is 0 Å². The normalized spacial score (nSPS) is 19.8. The highest BCUT2D eigenvalue weighted by atomic mass is 35.5. The summed E-state index contributed by atoms with van der Waals surface area (Å²) in [4.78, 5) is 24.5. The van der Waals surface area contributed by atoms with E-state index < -0.39 is 11.3 Å². The fraction of sp³-hybridized carbons (Fsp3) is 0.385. The average molecular weight is 252 g/mol. The van der Waals surface area contributed by atoms with Crippen LogP contribution in [0.3, 0.4) is 0 Å². The number of carbonyl (C=O) groups excluding carboxylic acids is 2. The zero-order valence-electron chi connectivity index (χ0n) is 9.65. The van der Waals surface area contributed by atoms with E-state index in [9.17, 15) is 9.59 Å².